The van der Waals surface area contributed by atoms with Gasteiger partial charge in [-0.15, -0.1) is 0 Å². The Balaban J connectivity index is 3.68. The molecular weight excluding hydrogens is 144 g/mol. The van der Waals surface area contributed by atoms with Crippen LogP contribution < -0.4 is 0 Å². The van der Waals surface area contributed by atoms with Gasteiger partial charge in [-0.3, -0.25) is 0 Å². The summed E-state index contributed by atoms with van der Waals surface area (Å²) in [6.07, 6.45) is 1.30. The van der Waals surface area contributed by atoms with Gasteiger partial charge in [-0.2, -0.15) is 0 Å². The topological polar surface area (TPSA) is 54.4 Å². The van der Waals surface area contributed by atoms with Crippen LogP contribution in [0.2, 0.25) is 0 Å². The van der Waals surface area contributed by atoms with E-state index in [1.165, 1.54) is 0 Å². The average molecular weight is 158 g/mol. The van der Waals surface area contributed by atoms with E-state index in [0.717, 1.165) is 6.29 Å². The molecule has 0 aromatic carbocycles. The fraction of sp³-hybridized carbons (Fsp3) is 0.750. The van der Waals surface area contributed by atoms with Crippen LogP contribution in [0.25, 0.3) is 0 Å². The van der Waals surface area contributed by atoms with Gasteiger partial charge in [-0.25, -0.2) is 0 Å². The largest absolute Gasteiger partial charge is 0.386 e. The average Bonchev–Trinajstić information content (AvgIpc) is 2.00. The molecule has 0 saturated carbocycles. The SMILES string of the molecule is CC(C)(C=O)CCC(O)C=O. The van der Waals surface area contributed by atoms with Crippen LogP contribution in [0.15, 0.2) is 0 Å². The van der Waals surface area contributed by atoms with Crippen LogP contribution in [-0.4, -0.2) is 23.8 Å². The predicted octanol–water partition coefficient (Wildman–Crippen LogP) is 0.551. The smallest absolute Gasteiger partial charge is 0.148 e. The third kappa shape index (κ3) is 4.67. The van der Waals surface area contributed by atoms with Gasteiger partial charge in [0.1, 0.15) is 18.7 Å². The second-order valence-electron chi connectivity index (χ2n) is 3.35. The summed E-state index contributed by atoms with van der Waals surface area (Å²) in [6, 6.07) is 0. The molecule has 0 aliphatic carbocycles. The van der Waals surface area contributed by atoms with Crippen molar-refractivity contribution in [1.82, 2.24) is 0 Å². The zero-order valence-corrected chi connectivity index (χ0v) is 6.91. The van der Waals surface area contributed by atoms with Gasteiger partial charge in [-0.05, 0) is 12.8 Å². The first-order valence-electron chi connectivity index (χ1n) is 3.61. The first-order chi connectivity index (χ1) is 5.02. The van der Waals surface area contributed by atoms with Gasteiger partial charge in [-0.1, -0.05) is 13.8 Å². The number of hydrogen-bond donors (Lipinski definition) is 1. The van der Waals surface area contributed by atoms with Crippen molar-refractivity contribution in [1.29, 1.82) is 0 Å². The first kappa shape index (κ1) is 10.3. The maximum absolute atomic E-state index is 10.4. The van der Waals surface area contributed by atoms with E-state index in [4.69, 9.17) is 5.11 Å². The molecular formula is C8H14O3. The molecule has 3 heteroatoms. The second kappa shape index (κ2) is 4.23. The van der Waals surface area contributed by atoms with Gasteiger partial charge >= 0.3 is 0 Å². The van der Waals surface area contributed by atoms with Gasteiger partial charge in [0, 0.05) is 5.41 Å². The van der Waals surface area contributed by atoms with E-state index in [1.54, 1.807) is 13.8 Å². The molecule has 0 aromatic rings. The Morgan fingerprint density at radius 2 is 2.00 bits per heavy atom. The molecule has 0 aliphatic heterocycles. The zero-order valence-electron chi connectivity index (χ0n) is 6.91. The number of hydrogen-bond acceptors (Lipinski definition) is 3. The van der Waals surface area contributed by atoms with Crippen LogP contribution in [0, 0.1) is 5.41 Å². The fourth-order valence-electron chi connectivity index (χ4n) is 0.647. The van der Waals surface area contributed by atoms with Crippen LogP contribution >= 0.6 is 0 Å². The molecule has 0 spiro atoms. The van der Waals surface area contributed by atoms with Crippen LogP contribution in [0.3, 0.4) is 0 Å². The molecule has 0 aliphatic rings. The van der Waals surface area contributed by atoms with Gasteiger partial charge in [0.25, 0.3) is 0 Å². The van der Waals surface area contributed by atoms with E-state index >= 15 is 0 Å². The summed E-state index contributed by atoms with van der Waals surface area (Å²) in [5.74, 6) is 0. The highest BCUT2D eigenvalue weighted by Crippen LogP contribution is 2.19. The Kier molecular flexibility index (Phi) is 3.97. The second-order valence-corrected chi connectivity index (χ2v) is 3.35. The molecule has 0 rings (SSSR count). The van der Waals surface area contributed by atoms with Gasteiger partial charge in [0.2, 0.25) is 0 Å². The van der Waals surface area contributed by atoms with Crippen molar-refractivity contribution in [2.45, 2.75) is 32.8 Å². The highest BCUT2D eigenvalue weighted by atomic mass is 16.3. The summed E-state index contributed by atoms with van der Waals surface area (Å²) in [6.45, 7) is 3.55. The lowest BCUT2D eigenvalue weighted by molar-refractivity contribution is -0.118. The number of carbonyl (C=O) groups excluding carboxylic acids is 2. The van der Waals surface area contributed by atoms with Crippen molar-refractivity contribution in [3.8, 4) is 0 Å². The summed E-state index contributed by atoms with van der Waals surface area (Å²) >= 11 is 0. The Labute approximate surface area is 66.4 Å². The van der Waals surface area contributed by atoms with Crippen molar-refractivity contribution in [3.63, 3.8) is 0 Å². The monoisotopic (exact) mass is 158 g/mol. The summed E-state index contributed by atoms with van der Waals surface area (Å²) in [7, 11) is 0. The van der Waals surface area contributed by atoms with E-state index in [0.29, 0.717) is 19.1 Å². The molecule has 64 valence electrons. The number of aliphatic hydroxyl groups is 1. The Bertz CT molecular complexity index is 140. The minimum atomic E-state index is -0.922. The first-order valence-corrected chi connectivity index (χ1v) is 3.61. The summed E-state index contributed by atoms with van der Waals surface area (Å²) in [5, 5.41) is 8.83. The maximum atomic E-state index is 10.4. The standard InChI is InChI=1S/C8H14O3/c1-8(2,6-10)4-3-7(11)5-9/h5-7,11H,3-4H2,1-2H3. The van der Waals surface area contributed by atoms with E-state index in [9.17, 15) is 9.59 Å². The van der Waals surface area contributed by atoms with Crippen LogP contribution in [-0.2, 0) is 9.59 Å². The summed E-state index contributed by atoms with van der Waals surface area (Å²) < 4.78 is 0. The number of aldehydes is 2. The van der Waals surface area contributed by atoms with Crippen molar-refractivity contribution in [3.05, 3.63) is 0 Å². The lowest BCUT2D eigenvalue weighted by atomic mass is 9.89. The number of rotatable bonds is 5. The molecule has 0 radical (unpaired) electrons. The van der Waals surface area contributed by atoms with Crippen molar-refractivity contribution in [2.24, 2.45) is 5.41 Å². The fourth-order valence-corrected chi connectivity index (χ4v) is 0.647. The molecule has 3 nitrogen and oxygen atoms in total. The number of carbonyl (C=O) groups is 2. The predicted molar refractivity (Wildman–Crippen MR) is 41.1 cm³/mol. The molecule has 1 atom stereocenters. The lowest BCUT2D eigenvalue weighted by Crippen LogP contribution is -2.17. The molecule has 0 heterocycles. The van der Waals surface area contributed by atoms with Crippen LogP contribution in [0.5, 0.6) is 0 Å². The third-order valence-electron chi connectivity index (χ3n) is 1.56. The van der Waals surface area contributed by atoms with E-state index < -0.39 is 11.5 Å². The molecule has 1 N–H and O–H groups in total. The van der Waals surface area contributed by atoms with E-state index in [2.05, 4.69) is 0 Å². The number of aliphatic hydroxyl groups excluding tert-OH is 1. The summed E-state index contributed by atoms with van der Waals surface area (Å²) in [5.41, 5.74) is -0.427. The minimum Gasteiger partial charge on any atom is -0.386 e. The lowest BCUT2D eigenvalue weighted by Gasteiger charge is -2.16. The normalized spacial score (nSPS) is 14.1. The Morgan fingerprint density at radius 1 is 1.45 bits per heavy atom. The molecule has 0 amide bonds. The van der Waals surface area contributed by atoms with E-state index in [-0.39, 0.29) is 0 Å². The van der Waals surface area contributed by atoms with Crippen LogP contribution in [0.4, 0.5) is 0 Å². The molecule has 0 saturated heterocycles. The highest BCUT2D eigenvalue weighted by molar-refractivity contribution is 5.58. The highest BCUT2D eigenvalue weighted by Gasteiger charge is 2.17. The Hall–Kier alpha value is -0.700. The molecule has 1 unspecified atom stereocenters. The Morgan fingerprint density at radius 3 is 2.36 bits per heavy atom. The quantitative estimate of drug-likeness (QED) is 0.594. The molecule has 0 aromatic heterocycles. The van der Waals surface area contributed by atoms with E-state index in [1.807, 2.05) is 0 Å². The molecule has 11 heavy (non-hydrogen) atoms. The van der Waals surface area contributed by atoms with Crippen LogP contribution in [0.1, 0.15) is 26.7 Å². The molecule has 0 bridgehead atoms. The summed E-state index contributed by atoms with van der Waals surface area (Å²) in [4.78, 5) is 20.3. The maximum Gasteiger partial charge on any atom is 0.148 e. The van der Waals surface area contributed by atoms with Crippen molar-refractivity contribution < 1.29 is 14.7 Å². The minimum absolute atomic E-state index is 0.356. The zero-order chi connectivity index (χ0) is 8.91. The van der Waals surface area contributed by atoms with Gasteiger partial charge < -0.3 is 14.7 Å². The van der Waals surface area contributed by atoms with Gasteiger partial charge in [0.15, 0.2) is 0 Å². The van der Waals surface area contributed by atoms with Crippen molar-refractivity contribution >= 4 is 12.6 Å². The third-order valence-corrected chi connectivity index (χ3v) is 1.56. The molecule has 0 fully saturated rings. The van der Waals surface area contributed by atoms with Crippen molar-refractivity contribution in [2.75, 3.05) is 0 Å². The van der Waals surface area contributed by atoms with Gasteiger partial charge in [0.05, 0.1) is 0 Å².